The van der Waals surface area contributed by atoms with Crippen LogP contribution in [0, 0.1) is 5.82 Å². The molecule has 1 heterocycles. The molecule has 1 aromatic heterocycles. The molecule has 2 aromatic rings. The molecule has 104 valence electrons. The number of hydrogen-bond donors (Lipinski definition) is 1. The number of unbranched alkanes of at least 4 members (excludes halogenated alkanes) is 1. The molecule has 0 aliphatic carbocycles. The van der Waals surface area contributed by atoms with E-state index in [1.165, 1.54) is 18.9 Å². The highest BCUT2D eigenvalue weighted by atomic mass is 32.1. The smallest absolute Gasteiger partial charge is 0.132 e. The van der Waals surface area contributed by atoms with Gasteiger partial charge in [-0.3, -0.25) is 0 Å². The van der Waals surface area contributed by atoms with Crippen LogP contribution in [0.15, 0.2) is 18.2 Å². The summed E-state index contributed by atoms with van der Waals surface area (Å²) < 4.78 is 15.0. The van der Waals surface area contributed by atoms with E-state index in [4.69, 9.17) is 5.73 Å². The average molecular weight is 280 g/mol. The van der Waals surface area contributed by atoms with Crippen molar-refractivity contribution in [3.63, 3.8) is 0 Å². The van der Waals surface area contributed by atoms with Gasteiger partial charge >= 0.3 is 0 Å². The molecule has 1 aromatic carbocycles. The maximum Gasteiger partial charge on any atom is 0.132 e. The Morgan fingerprint density at radius 1 is 1.37 bits per heavy atom. The zero-order valence-corrected chi connectivity index (χ0v) is 12.4. The number of nitrogens with zero attached hydrogens (tertiary/aromatic N) is 1. The summed E-state index contributed by atoms with van der Waals surface area (Å²) in [5.41, 5.74) is 6.88. The molecule has 0 saturated heterocycles. The summed E-state index contributed by atoms with van der Waals surface area (Å²) in [4.78, 5) is 3.35. The van der Waals surface area contributed by atoms with E-state index in [0.29, 0.717) is 6.54 Å². The third-order valence-electron chi connectivity index (χ3n) is 3.35. The van der Waals surface area contributed by atoms with Crippen molar-refractivity contribution in [2.24, 2.45) is 5.73 Å². The molecule has 2 nitrogen and oxygen atoms in total. The largest absolute Gasteiger partial charge is 0.326 e. The summed E-state index contributed by atoms with van der Waals surface area (Å²) in [6.45, 7) is 4.47. The van der Waals surface area contributed by atoms with Gasteiger partial charge in [-0.15, -0.1) is 11.3 Å². The quantitative estimate of drug-likeness (QED) is 0.873. The Hall–Kier alpha value is -0.970. The molecule has 2 N–H and O–H groups in total. The summed E-state index contributed by atoms with van der Waals surface area (Å²) in [5.74, 6) is -0.132. The van der Waals surface area contributed by atoms with Crippen LogP contribution < -0.4 is 5.73 Å². The Bertz CT molecular complexity index is 550. The summed E-state index contributed by atoms with van der Waals surface area (Å²) in [6.07, 6.45) is 2.34. The van der Waals surface area contributed by atoms with Crippen LogP contribution >= 0.6 is 11.3 Å². The van der Waals surface area contributed by atoms with Crippen LogP contribution in [0.3, 0.4) is 0 Å². The van der Waals surface area contributed by atoms with E-state index in [1.807, 2.05) is 6.07 Å². The van der Waals surface area contributed by atoms with Gasteiger partial charge in [0.2, 0.25) is 0 Å². The fourth-order valence-electron chi connectivity index (χ4n) is 2.33. The molecule has 19 heavy (non-hydrogen) atoms. The standard InChI is InChI=1S/C15H21FN2S/c1-3-4-8-18(2)10-11-14(9-17)19-13-7-5-6-12(16)15(11)13/h5-7H,3-4,8-10,17H2,1-2H3. The Balaban J connectivity index is 2.34. The summed E-state index contributed by atoms with van der Waals surface area (Å²) in [6, 6.07) is 5.27. The molecule has 0 saturated carbocycles. The van der Waals surface area contributed by atoms with Gasteiger partial charge in [-0.05, 0) is 37.7 Å². The summed E-state index contributed by atoms with van der Waals surface area (Å²) in [7, 11) is 2.08. The van der Waals surface area contributed by atoms with E-state index in [0.717, 1.165) is 33.6 Å². The van der Waals surface area contributed by atoms with Crippen molar-refractivity contribution in [1.82, 2.24) is 4.90 Å². The predicted octanol–water partition coefficient (Wildman–Crippen LogP) is 3.73. The van der Waals surface area contributed by atoms with Crippen molar-refractivity contribution < 1.29 is 4.39 Å². The number of halogens is 1. The molecule has 0 atom stereocenters. The average Bonchev–Trinajstić information content (AvgIpc) is 2.75. The van der Waals surface area contributed by atoms with Crippen LogP contribution in [0.25, 0.3) is 10.1 Å². The Morgan fingerprint density at radius 2 is 2.16 bits per heavy atom. The number of thiophene rings is 1. The maximum atomic E-state index is 14.0. The minimum absolute atomic E-state index is 0.132. The van der Waals surface area contributed by atoms with E-state index in [1.54, 1.807) is 17.4 Å². The zero-order chi connectivity index (χ0) is 13.8. The van der Waals surface area contributed by atoms with Gasteiger partial charge in [0.25, 0.3) is 0 Å². The number of fused-ring (bicyclic) bond motifs is 1. The van der Waals surface area contributed by atoms with Crippen molar-refractivity contribution in [3.05, 3.63) is 34.5 Å². The van der Waals surface area contributed by atoms with Gasteiger partial charge in [0, 0.05) is 28.1 Å². The number of hydrogen-bond acceptors (Lipinski definition) is 3. The molecule has 0 bridgehead atoms. The molecule has 0 radical (unpaired) electrons. The van der Waals surface area contributed by atoms with E-state index >= 15 is 0 Å². The van der Waals surface area contributed by atoms with Gasteiger partial charge in [0.15, 0.2) is 0 Å². The van der Waals surface area contributed by atoms with Crippen LogP contribution in [-0.2, 0) is 13.1 Å². The van der Waals surface area contributed by atoms with Gasteiger partial charge in [-0.2, -0.15) is 0 Å². The van der Waals surface area contributed by atoms with Gasteiger partial charge in [0.1, 0.15) is 5.82 Å². The van der Waals surface area contributed by atoms with Gasteiger partial charge in [-0.1, -0.05) is 19.4 Å². The second-order valence-corrected chi connectivity index (χ2v) is 6.05. The number of nitrogens with two attached hydrogens (primary N) is 1. The molecular formula is C15H21FN2S. The first-order valence-corrected chi connectivity index (χ1v) is 7.56. The Morgan fingerprint density at radius 3 is 2.84 bits per heavy atom. The van der Waals surface area contributed by atoms with Crippen molar-refractivity contribution in [2.45, 2.75) is 32.9 Å². The highest BCUT2D eigenvalue weighted by Gasteiger charge is 2.15. The Kier molecular flexibility index (Phi) is 4.91. The van der Waals surface area contributed by atoms with E-state index in [2.05, 4.69) is 18.9 Å². The minimum atomic E-state index is -0.132. The normalized spacial score (nSPS) is 11.6. The SMILES string of the molecule is CCCCN(C)Cc1c(CN)sc2cccc(F)c12. The van der Waals surface area contributed by atoms with Gasteiger partial charge in [0.05, 0.1) is 0 Å². The fraction of sp³-hybridized carbons (Fsp3) is 0.467. The summed E-state index contributed by atoms with van der Waals surface area (Å²) >= 11 is 1.61. The van der Waals surface area contributed by atoms with Gasteiger partial charge in [-0.25, -0.2) is 4.39 Å². The van der Waals surface area contributed by atoms with Crippen molar-refractivity contribution >= 4 is 21.4 Å². The van der Waals surface area contributed by atoms with E-state index in [-0.39, 0.29) is 5.82 Å². The molecular weight excluding hydrogens is 259 g/mol. The van der Waals surface area contributed by atoms with Crippen molar-refractivity contribution in [1.29, 1.82) is 0 Å². The molecule has 0 aliphatic rings. The fourth-order valence-corrected chi connectivity index (χ4v) is 3.43. The van der Waals surface area contributed by atoms with Gasteiger partial charge < -0.3 is 10.6 Å². The van der Waals surface area contributed by atoms with Crippen LogP contribution in [0.2, 0.25) is 0 Å². The van der Waals surface area contributed by atoms with Crippen LogP contribution in [-0.4, -0.2) is 18.5 Å². The van der Waals surface area contributed by atoms with Crippen molar-refractivity contribution in [3.8, 4) is 0 Å². The molecule has 0 unspecified atom stereocenters. The second-order valence-electron chi connectivity index (χ2n) is 4.91. The predicted molar refractivity (Wildman–Crippen MR) is 80.9 cm³/mol. The minimum Gasteiger partial charge on any atom is -0.326 e. The van der Waals surface area contributed by atoms with Crippen LogP contribution in [0.4, 0.5) is 4.39 Å². The highest BCUT2D eigenvalue weighted by Crippen LogP contribution is 2.33. The van der Waals surface area contributed by atoms with Crippen LogP contribution in [0.5, 0.6) is 0 Å². The molecule has 4 heteroatoms. The van der Waals surface area contributed by atoms with Crippen LogP contribution in [0.1, 0.15) is 30.2 Å². The van der Waals surface area contributed by atoms with E-state index in [9.17, 15) is 4.39 Å². The topological polar surface area (TPSA) is 29.3 Å². The van der Waals surface area contributed by atoms with Crippen molar-refractivity contribution in [2.75, 3.05) is 13.6 Å². The molecule has 2 rings (SSSR count). The monoisotopic (exact) mass is 280 g/mol. The third kappa shape index (κ3) is 3.14. The molecule has 0 amide bonds. The first kappa shape index (κ1) is 14.4. The first-order chi connectivity index (χ1) is 9.17. The number of rotatable bonds is 6. The lowest BCUT2D eigenvalue weighted by molar-refractivity contribution is 0.321. The third-order valence-corrected chi connectivity index (χ3v) is 4.57. The maximum absolute atomic E-state index is 14.0. The molecule has 0 spiro atoms. The lowest BCUT2D eigenvalue weighted by atomic mass is 10.1. The molecule has 0 fully saturated rings. The number of benzene rings is 1. The highest BCUT2D eigenvalue weighted by molar-refractivity contribution is 7.19. The second kappa shape index (κ2) is 6.46. The Labute approximate surface area is 118 Å². The summed E-state index contributed by atoms with van der Waals surface area (Å²) in [5, 5.41) is 0.760. The lowest BCUT2D eigenvalue weighted by Gasteiger charge is -2.17. The zero-order valence-electron chi connectivity index (χ0n) is 11.6. The first-order valence-electron chi connectivity index (χ1n) is 6.74. The van der Waals surface area contributed by atoms with E-state index < -0.39 is 0 Å². The lowest BCUT2D eigenvalue weighted by Crippen LogP contribution is -2.19. The molecule has 0 aliphatic heterocycles.